The molecule has 0 aromatic heterocycles. The van der Waals surface area contributed by atoms with Gasteiger partial charge in [0.1, 0.15) is 6.04 Å². The summed E-state index contributed by atoms with van der Waals surface area (Å²) in [6, 6.07) is 0.313. The molecule has 1 fully saturated rings. The first kappa shape index (κ1) is 16.4. The number of carbonyl (C=O) groups excluding carboxylic acids is 1. The molecule has 0 spiro atoms. The maximum atomic E-state index is 11.8. The van der Waals surface area contributed by atoms with Crippen LogP contribution in [0, 0.1) is 5.92 Å². The number of rotatable bonds is 11. The first-order valence-electron chi connectivity index (χ1n) is 7.64. The van der Waals surface area contributed by atoms with E-state index < -0.39 is 0 Å². The van der Waals surface area contributed by atoms with Crippen LogP contribution in [-0.2, 0) is 14.3 Å². The van der Waals surface area contributed by atoms with Crippen molar-refractivity contribution in [2.75, 3.05) is 19.8 Å². The van der Waals surface area contributed by atoms with Crippen molar-refractivity contribution in [1.29, 1.82) is 0 Å². The standard InChI is InChI=1S/C15H29NO3/c1-4-19-15(17)14(16-13-7-8-13)9-11-18-10-5-6-12(2)3/h12-14,16H,4-11H2,1-3H3. The summed E-state index contributed by atoms with van der Waals surface area (Å²) in [5.41, 5.74) is 0. The van der Waals surface area contributed by atoms with E-state index in [0.29, 0.717) is 25.7 Å². The van der Waals surface area contributed by atoms with Gasteiger partial charge in [0.05, 0.1) is 6.61 Å². The Labute approximate surface area is 117 Å². The van der Waals surface area contributed by atoms with Crippen LogP contribution >= 0.6 is 0 Å². The second kappa shape index (κ2) is 9.32. The van der Waals surface area contributed by atoms with Gasteiger partial charge in [-0.3, -0.25) is 4.79 Å². The minimum Gasteiger partial charge on any atom is -0.465 e. The van der Waals surface area contributed by atoms with E-state index in [9.17, 15) is 4.79 Å². The summed E-state index contributed by atoms with van der Waals surface area (Å²) in [7, 11) is 0. The van der Waals surface area contributed by atoms with E-state index in [1.54, 1.807) is 0 Å². The van der Waals surface area contributed by atoms with Gasteiger partial charge in [-0.2, -0.15) is 0 Å². The number of carbonyl (C=O) groups is 1. The average molecular weight is 271 g/mol. The van der Waals surface area contributed by atoms with E-state index in [2.05, 4.69) is 19.2 Å². The quantitative estimate of drug-likeness (QED) is 0.463. The van der Waals surface area contributed by atoms with Gasteiger partial charge in [-0.15, -0.1) is 0 Å². The molecule has 1 rings (SSSR count). The summed E-state index contributed by atoms with van der Waals surface area (Å²) < 4.78 is 10.7. The molecular formula is C15H29NO3. The molecule has 1 N–H and O–H groups in total. The topological polar surface area (TPSA) is 47.6 Å². The third-order valence-corrected chi connectivity index (χ3v) is 3.21. The van der Waals surface area contributed by atoms with E-state index in [-0.39, 0.29) is 12.0 Å². The highest BCUT2D eigenvalue weighted by atomic mass is 16.5. The Hall–Kier alpha value is -0.610. The minimum absolute atomic E-state index is 0.139. The Balaban J connectivity index is 2.11. The zero-order valence-corrected chi connectivity index (χ0v) is 12.6. The van der Waals surface area contributed by atoms with Crippen LogP contribution < -0.4 is 5.32 Å². The van der Waals surface area contributed by atoms with Gasteiger partial charge in [0, 0.05) is 19.3 Å². The highest BCUT2D eigenvalue weighted by Gasteiger charge is 2.28. The fourth-order valence-corrected chi connectivity index (χ4v) is 1.94. The maximum Gasteiger partial charge on any atom is 0.323 e. The summed E-state index contributed by atoms with van der Waals surface area (Å²) in [5.74, 6) is 0.590. The molecule has 4 nitrogen and oxygen atoms in total. The van der Waals surface area contributed by atoms with Crippen molar-refractivity contribution in [1.82, 2.24) is 5.32 Å². The van der Waals surface area contributed by atoms with E-state index >= 15 is 0 Å². The zero-order chi connectivity index (χ0) is 14.1. The summed E-state index contributed by atoms with van der Waals surface area (Å²) in [6.07, 6.45) is 5.34. The molecular weight excluding hydrogens is 242 g/mol. The maximum absolute atomic E-state index is 11.8. The van der Waals surface area contributed by atoms with E-state index in [4.69, 9.17) is 9.47 Å². The van der Waals surface area contributed by atoms with Crippen LogP contribution in [0.15, 0.2) is 0 Å². The lowest BCUT2D eigenvalue weighted by atomic mass is 10.1. The molecule has 1 unspecified atom stereocenters. The number of nitrogens with one attached hydrogen (secondary N) is 1. The summed E-state index contributed by atoms with van der Waals surface area (Å²) in [6.45, 7) is 8.14. The van der Waals surface area contributed by atoms with Crippen LogP contribution in [0.3, 0.4) is 0 Å². The van der Waals surface area contributed by atoms with Gasteiger partial charge in [-0.25, -0.2) is 0 Å². The molecule has 0 radical (unpaired) electrons. The Morgan fingerprint density at radius 2 is 2.00 bits per heavy atom. The Morgan fingerprint density at radius 1 is 1.26 bits per heavy atom. The fraction of sp³-hybridized carbons (Fsp3) is 0.933. The predicted molar refractivity (Wildman–Crippen MR) is 76.1 cm³/mol. The highest BCUT2D eigenvalue weighted by molar-refractivity contribution is 5.75. The van der Waals surface area contributed by atoms with E-state index in [1.807, 2.05) is 6.92 Å². The third-order valence-electron chi connectivity index (χ3n) is 3.21. The lowest BCUT2D eigenvalue weighted by Gasteiger charge is -2.17. The number of hydrogen-bond acceptors (Lipinski definition) is 4. The molecule has 1 atom stereocenters. The zero-order valence-electron chi connectivity index (χ0n) is 12.6. The van der Waals surface area contributed by atoms with Gasteiger partial charge >= 0.3 is 5.97 Å². The van der Waals surface area contributed by atoms with Gasteiger partial charge in [0.15, 0.2) is 0 Å². The Kier molecular flexibility index (Phi) is 8.07. The molecule has 0 aromatic rings. The largest absolute Gasteiger partial charge is 0.465 e. The summed E-state index contributed by atoms with van der Waals surface area (Å²) >= 11 is 0. The first-order valence-corrected chi connectivity index (χ1v) is 7.64. The fourth-order valence-electron chi connectivity index (χ4n) is 1.94. The number of ether oxygens (including phenoxy) is 2. The normalized spacial score (nSPS) is 16.6. The number of esters is 1. The Bertz CT molecular complexity index is 252. The molecule has 0 aliphatic heterocycles. The second-order valence-electron chi connectivity index (χ2n) is 5.68. The lowest BCUT2D eigenvalue weighted by molar-refractivity contribution is -0.146. The molecule has 0 heterocycles. The molecule has 1 aliphatic rings. The van der Waals surface area contributed by atoms with Gasteiger partial charge in [0.2, 0.25) is 0 Å². The van der Waals surface area contributed by atoms with Crippen molar-refractivity contribution < 1.29 is 14.3 Å². The van der Waals surface area contributed by atoms with Crippen LogP contribution in [-0.4, -0.2) is 37.9 Å². The third kappa shape index (κ3) is 8.22. The molecule has 1 aliphatic carbocycles. The van der Waals surface area contributed by atoms with E-state index in [1.165, 1.54) is 19.3 Å². The van der Waals surface area contributed by atoms with Crippen LogP contribution in [0.4, 0.5) is 0 Å². The number of hydrogen-bond donors (Lipinski definition) is 1. The lowest BCUT2D eigenvalue weighted by Crippen LogP contribution is -2.40. The molecule has 0 aromatic carbocycles. The molecule has 1 saturated carbocycles. The smallest absolute Gasteiger partial charge is 0.323 e. The monoisotopic (exact) mass is 271 g/mol. The highest BCUT2D eigenvalue weighted by Crippen LogP contribution is 2.20. The molecule has 0 saturated heterocycles. The Morgan fingerprint density at radius 3 is 2.58 bits per heavy atom. The van der Waals surface area contributed by atoms with Crippen LogP contribution in [0.5, 0.6) is 0 Å². The molecule has 0 bridgehead atoms. The molecule has 19 heavy (non-hydrogen) atoms. The predicted octanol–water partition coefficient (Wildman–Crippen LogP) is 2.51. The first-order chi connectivity index (χ1) is 9.13. The van der Waals surface area contributed by atoms with Crippen molar-refractivity contribution in [3.05, 3.63) is 0 Å². The SMILES string of the molecule is CCOC(=O)C(CCOCCCC(C)C)NC1CC1. The summed E-state index contributed by atoms with van der Waals surface area (Å²) in [5, 5.41) is 3.33. The van der Waals surface area contributed by atoms with Gasteiger partial charge in [0.25, 0.3) is 0 Å². The van der Waals surface area contributed by atoms with Crippen LogP contribution in [0.2, 0.25) is 0 Å². The van der Waals surface area contributed by atoms with Gasteiger partial charge in [-0.1, -0.05) is 13.8 Å². The van der Waals surface area contributed by atoms with Gasteiger partial charge < -0.3 is 14.8 Å². The van der Waals surface area contributed by atoms with Crippen molar-refractivity contribution in [2.24, 2.45) is 5.92 Å². The van der Waals surface area contributed by atoms with Gasteiger partial charge in [-0.05, 0) is 44.9 Å². The minimum atomic E-state index is -0.197. The second-order valence-corrected chi connectivity index (χ2v) is 5.68. The van der Waals surface area contributed by atoms with Crippen molar-refractivity contribution in [3.63, 3.8) is 0 Å². The average Bonchev–Trinajstić information content (AvgIpc) is 3.15. The molecule has 0 amide bonds. The van der Waals surface area contributed by atoms with Crippen molar-refractivity contribution in [2.45, 2.75) is 65.0 Å². The van der Waals surface area contributed by atoms with Crippen molar-refractivity contribution in [3.8, 4) is 0 Å². The van der Waals surface area contributed by atoms with E-state index in [0.717, 1.165) is 18.9 Å². The van der Waals surface area contributed by atoms with Crippen molar-refractivity contribution >= 4 is 5.97 Å². The molecule has 112 valence electrons. The summed E-state index contributed by atoms with van der Waals surface area (Å²) in [4.78, 5) is 11.8. The molecule has 4 heteroatoms. The van der Waals surface area contributed by atoms with Crippen LogP contribution in [0.1, 0.15) is 52.9 Å². The van der Waals surface area contributed by atoms with Crippen LogP contribution in [0.25, 0.3) is 0 Å².